The molecule has 0 bridgehead atoms. The fourth-order valence-corrected chi connectivity index (χ4v) is 2.00. The zero-order valence-corrected chi connectivity index (χ0v) is 11.1. The van der Waals surface area contributed by atoms with Gasteiger partial charge in [0.1, 0.15) is 12.0 Å². The summed E-state index contributed by atoms with van der Waals surface area (Å²) in [5, 5.41) is 11.6. The number of aliphatic hydroxyl groups excluding tert-OH is 1. The Labute approximate surface area is 121 Å². The molecular weight excluding hydrogens is 273 g/mol. The topological polar surface area (TPSA) is 57.6 Å². The van der Waals surface area contributed by atoms with Gasteiger partial charge in [0.15, 0.2) is 5.76 Å². The number of nitrogens with one attached hydrogen (secondary N) is 1. The predicted molar refractivity (Wildman–Crippen MR) is 74.4 cm³/mol. The minimum atomic E-state index is -0.787. The van der Waals surface area contributed by atoms with Crippen LogP contribution in [0.4, 0.5) is 4.39 Å². The van der Waals surface area contributed by atoms with Crippen LogP contribution in [0.2, 0.25) is 0 Å². The van der Waals surface area contributed by atoms with E-state index in [9.17, 15) is 9.50 Å². The zero-order chi connectivity index (χ0) is 14.7. The van der Waals surface area contributed by atoms with E-state index < -0.39 is 6.23 Å². The van der Waals surface area contributed by atoms with Crippen molar-refractivity contribution in [3.8, 4) is 0 Å². The largest absolute Gasteiger partial charge is 0.387 e. The van der Waals surface area contributed by atoms with E-state index in [1.807, 2.05) is 12.1 Å². The summed E-state index contributed by atoms with van der Waals surface area (Å²) in [5.74, 6) is 0.212. The van der Waals surface area contributed by atoms with Crippen molar-refractivity contribution in [3.05, 3.63) is 71.9 Å². The lowest BCUT2D eigenvalue weighted by Gasteiger charge is -2.20. The Morgan fingerprint density at radius 1 is 1.19 bits per heavy atom. The number of benzene rings is 1. The van der Waals surface area contributed by atoms with Crippen molar-refractivity contribution in [1.29, 1.82) is 0 Å². The third kappa shape index (κ3) is 3.18. The molecule has 0 spiro atoms. The second kappa shape index (κ2) is 5.90. The second-order valence-electron chi connectivity index (χ2n) is 4.64. The Balaban J connectivity index is 1.69. The van der Waals surface area contributed by atoms with Gasteiger partial charge in [-0.15, -0.1) is 0 Å². The highest BCUT2D eigenvalue weighted by molar-refractivity contribution is 5.59. The number of rotatable bonds is 4. The third-order valence-electron chi connectivity index (χ3n) is 3.13. The molecule has 0 saturated heterocycles. The van der Waals surface area contributed by atoms with Crippen molar-refractivity contribution in [2.45, 2.75) is 12.6 Å². The van der Waals surface area contributed by atoms with E-state index in [-0.39, 0.29) is 5.82 Å². The van der Waals surface area contributed by atoms with Gasteiger partial charge in [0.25, 0.3) is 0 Å². The monoisotopic (exact) mass is 287 g/mol. The molecule has 0 radical (unpaired) electrons. The minimum absolute atomic E-state index is 0.306. The highest BCUT2D eigenvalue weighted by Gasteiger charge is 2.21. The fourth-order valence-electron chi connectivity index (χ4n) is 2.00. The molecule has 3 rings (SSSR count). The van der Waals surface area contributed by atoms with Crippen molar-refractivity contribution < 1.29 is 14.3 Å². The molecule has 2 heterocycles. The lowest BCUT2D eigenvalue weighted by molar-refractivity contribution is -0.0640. The maximum absolute atomic E-state index is 12.9. The summed E-state index contributed by atoms with van der Waals surface area (Å²) in [5.41, 5.74) is 4.31. The molecule has 2 N–H and O–H groups in total. The number of aromatic nitrogens is 1. The molecule has 6 heteroatoms. The standard InChI is InChI=1S/C15H14FN3O2/c16-13-3-1-12(2-4-13)14-10-19(18-21-14)15(20)9-11-5-7-17-8-6-11/h1-8,10,15,18,20H,9H2. The quantitative estimate of drug-likeness (QED) is 0.898. The summed E-state index contributed by atoms with van der Waals surface area (Å²) in [7, 11) is 0. The van der Waals surface area contributed by atoms with E-state index in [0.29, 0.717) is 12.2 Å². The lowest BCUT2D eigenvalue weighted by Crippen LogP contribution is -2.39. The number of aliphatic hydroxyl groups is 1. The van der Waals surface area contributed by atoms with Gasteiger partial charge >= 0.3 is 0 Å². The zero-order valence-electron chi connectivity index (χ0n) is 11.1. The highest BCUT2D eigenvalue weighted by Crippen LogP contribution is 2.21. The smallest absolute Gasteiger partial charge is 0.174 e. The number of nitrogens with zero attached hydrogens (tertiary/aromatic N) is 2. The van der Waals surface area contributed by atoms with Crippen molar-refractivity contribution in [2.75, 3.05) is 0 Å². The summed E-state index contributed by atoms with van der Waals surface area (Å²) in [6.45, 7) is 0. The maximum atomic E-state index is 12.9. The van der Waals surface area contributed by atoms with Crippen LogP contribution in [0.1, 0.15) is 11.1 Å². The molecule has 1 aromatic heterocycles. The first-order valence-corrected chi connectivity index (χ1v) is 6.48. The van der Waals surface area contributed by atoms with Crippen LogP contribution in [0.15, 0.2) is 55.0 Å². The van der Waals surface area contributed by atoms with Crippen LogP contribution in [0.5, 0.6) is 0 Å². The molecule has 1 aliphatic heterocycles. The minimum Gasteiger partial charge on any atom is -0.387 e. The molecule has 21 heavy (non-hydrogen) atoms. The summed E-state index contributed by atoms with van der Waals surface area (Å²) in [6, 6.07) is 9.61. The van der Waals surface area contributed by atoms with Crippen LogP contribution < -0.4 is 5.59 Å². The van der Waals surface area contributed by atoms with Crippen LogP contribution in [0, 0.1) is 5.82 Å². The molecule has 0 amide bonds. The van der Waals surface area contributed by atoms with E-state index in [4.69, 9.17) is 4.84 Å². The summed E-state index contributed by atoms with van der Waals surface area (Å²) in [6.07, 6.45) is 4.63. The molecule has 5 nitrogen and oxygen atoms in total. The first-order chi connectivity index (χ1) is 10.2. The second-order valence-corrected chi connectivity index (χ2v) is 4.64. The van der Waals surface area contributed by atoms with Crippen molar-refractivity contribution >= 4 is 5.76 Å². The normalized spacial score (nSPS) is 15.5. The SMILES string of the molecule is OC(Cc1ccncc1)N1C=C(c2ccc(F)cc2)ON1. The number of hydrogen-bond donors (Lipinski definition) is 2. The van der Waals surface area contributed by atoms with E-state index >= 15 is 0 Å². The first kappa shape index (κ1) is 13.5. The van der Waals surface area contributed by atoms with Crippen LogP contribution in [-0.2, 0) is 11.3 Å². The van der Waals surface area contributed by atoms with Gasteiger partial charge in [0.2, 0.25) is 0 Å². The summed E-state index contributed by atoms with van der Waals surface area (Å²) < 4.78 is 12.9. The van der Waals surface area contributed by atoms with Crippen molar-refractivity contribution in [3.63, 3.8) is 0 Å². The number of halogens is 1. The molecule has 0 fully saturated rings. The van der Waals surface area contributed by atoms with Gasteiger partial charge in [-0.05, 0) is 42.0 Å². The van der Waals surface area contributed by atoms with Crippen molar-refractivity contribution in [1.82, 2.24) is 15.6 Å². The third-order valence-corrected chi connectivity index (χ3v) is 3.13. The highest BCUT2D eigenvalue weighted by atomic mass is 19.1. The molecule has 1 atom stereocenters. The Hall–Kier alpha value is -2.44. The number of pyridine rings is 1. The van der Waals surface area contributed by atoms with Crippen LogP contribution in [-0.4, -0.2) is 21.3 Å². The van der Waals surface area contributed by atoms with Gasteiger partial charge in [-0.25, -0.2) is 4.39 Å². The van der Waals surface area contributed by atoms with Crippen LogP contribution in [0.25, 0.3) is 5.76 Å². The molecule has 1 unspecified atom stereocenters. The molecule has 0 aliphatic carbocycles. The van der Waals surface area contributed by atoms with E-state index in [0.717, 1.165) is 11.1 Å². The first-order valence-electron chi connectivity index (χ1n) is 6.48. The molecule has 1 aliphatic rings. The molecule has 108 valence electrons. The molecule has 1 aromatic carbocycles. The maximum Gasteiger partial charge on any atom is 0.174 e. The molecule has 0 saturated carbocycles. The predicted octanol–water partition coefficient (Wildman–Crippen LogP) is 1.83. The Kier molecular flexibility index (Phi) is 3.81. The van der Waals surface area contributed by atoms with Gasteiger partial charge in [0, 0.05) is 24.4 Å². The fraction of sp³-hybridized carbons (Fsp3) is 0.133. The van der Waals surface area contributed by atoms with Gasteiger partial charge in [-0.1, -0.05) is 5.59 Å². The van der Waals surface area contributed by atoms with Gasteiger partial charge in [0.05, 0.1) is 6.20 Å². The lowest BCUT2D eigenvalue weighted by atomic mass is 10.1. The van der Waals surface area contributed by atoms with E-state index in [1.54, 1.807) is 30.7 Å². The van der Waals surface area contributed by atoms with Crippen molar-refractivity contribution in [2.24, 2.45) is 0 Å². The number of hydrogen-bond acceptors (Lipinski definition) is 5. The Morgan fingerprint density at radius 2 is 1.90 bits per heavy atom. The van der Waals surface area contributed by atoms with Gasteiger partial charge in [-0.3, -0.25) is 9.99 Å². The summed E-state index contributed by atoms with van der Waals surface area (Å²) >= 11 is 0. The summed E-state index contributed by atoms with van der Waals surface area (Å²) in [4.78, 5) is 9.22. The molecular formula is C15H14FN3O2. The van der Waals surface area contributed by atoms with Crippen LogP contribution >= 0.6 is 0 Å². The van der Waals surface area contributed by atoms with E-state index in [1.165, 1.54) is 17.1 Å². The average molecular weight is 287 g/mol. The average Bonchev–Trinajstić information content (AvgIpc) is 2.99. The Morgan fingerprint density at radius 3 is 2.62 bits per heavy atom. The van der Waals surface area contributed by atoms with Gasteiger partial charge in [-0.2, -0.15) is 0 Å². The van der Waals surface area contributed by atoms with E-state index in [2.05, 4.69) is 10.6 Å². The van der Waals surface area contributed by atoms with Crippen LogP contribution in [0.3, 0.4) is 0 Å². The van der Waals surface area contributed by atoms with Gasteiger partial charge < -0.3 is 9.94 Å². The number of hydrazine groups is 1. The Bertz CT molecular complexity index is 631. The molecule has 2 aromatic rings.